The Kier molecular flexibility index (Phi) is 12.6. The lowest BCUT2D eigenvalue weighted by Crippen LogP contribution is -2.41. The Morgan fingerprint density at radius 2 is 1.76 bits per heavy atom. The summed E-state index contributed by atoms with van der Waals surface area (Å²) in [7, 11) is 1.83. The fourth-order valence-electron chi connectivity index (χ4n) is 3.75. The molecule has 0 saturated carbocycles. The average Bonchev–Trinajstić information content (AvgIpc) is 2.70. The van der Waals surface area contributed by atoms with Gasteiger partial charge < -0.3 is 20.3 Å². The van der Waals surface area contributed by atoms with Crippen molar-refractivity contribution in [3.05, 3.63) is 29.8 Å². The number of hydrogen-bond acceptors (Lipinski definition) is 4. The van der Waals surface area contributed by atoms with Crippen molar-refractivity contribution in [3.8, 4) is 0 Å². The smallest absolute Gasteiger partial charge is 0.191 e. The van der Waals surface area contributed by atoms with Gasteiger partial charge in [0, 0.05) is 57.5 Å². The molecule has 2 rings (SSSR count). The van der Waals surface area contributed by atoms with Crippen LogP contribution in [0, 0.1) is 0 Å². The summed E-state index contributed by atoms with van der Waals surface area (Å²) in [6, 6.07) is 9.75. The summed E-state index contributed by atoms with van der Waals surface area (Å²) in [5.41, 5.74) is 2.58. The lowest BCUT2D eigenvalue weighted by atomic mass is 10.1. The summed E-state index contributed by atoms with van der Waals surface area (Å²) in [5.74, 6) is 0.859. The molecule has 1 saturated heterocycles. The first kappa shape index (κ1) is 26.0. The maximum atomic E-state index is 5.49. The Morgan fingerprint density at radius 3 is 2.38 bits per heavy atom. The van der Waals surface area contributed by atoms with Gasteiger partial charge in [0.2, 0.25) is 0 Å². The molecule has 0 bridgehead atoms. The number of ether oxygens (including phenoxy) is 1. The molecule has 1 fully saturated rings. The number of guanidine groups is 1. The second-order valence-corrected chi connectivity index (χ2v) is 7.86. The zero-order valence-corrected chi connectivity index (χ0v) is 21.1. The number of nitrogens with one attached hydrogen (secondary N) is 2. The van der Waals surface area contributed by atoms with Gasteiger partial charge in [-0.2, -0.15) is 0 Å². The van der Waals surface area contributed by atoms with E-state index in [1.807, 2.05) is 7.05 Å². The highest BCUT2D eigenvalue weighted by Crippen LogP contribution is 2.21. The van der Waals surface area contributed by atoms with Crippen LogP contribution in [0.4, 0.5) is 5.69 Å². The third-order valence-electron chi connectivity index (χ3n) is 5.23. The monoisotopic (exact) mass is 517 g/mol. The highest BCUT2D eigenvalue weighted by molar-refractivity contribution is 14.0. The lowest BCUT2D eigenvalue weighted by Gasteiger charge is -2.31. The van der Waals surface area contributed by atoms with Gasteiger partial charge in [-0.25, -0.2) is 0 Å². The van der Waals surface area contributed by atoms with Gasteiger partial charge >= 0.3 is 0 Å². The zero-order chi connectivity index (χ0) is 20.4. The number of morpholine rings is 1. The molecule has 1 aliphatic heterocycles. The molecule has 6 nitrogen and oxygen atoms in total. The molecule has 7 heteroatoms. The topological polar surface area (TPSA) is 52.1 Å². The molecule has 0 aliphatic carbocycles. The van der Waals surface area contributed by atoms with Gasteiger partial charge in [0.1, 0.15) is 0 Å². The SMILES string of the molecule is CN=C(NCCCN(C(C)C)C(C)C)NCc1ccccc1N1CCOCC1.I. The van der Waals surface area contributed by atoms with Crippen LogP contribution in [0.5, 0.6) is 0 Å². The fourth-order valence-corrected chi connectivity index (χ4v) is 3.75. The van der Waals surface area contributed by atoms with Crippen molar-refractivity contribution in [3.63, 3.8) is 0 Å². The third-order valence-corrected chi connectivity index (χ3v) is 5.23. The molecule has 0 aromatic heterocycles. The summed E-state index contributed by atoms with van der Waals surface area (Å²) in [4.78, 5) is 9.31. The minimum Gasteiger partial charge on any atom is -0.378 e. The van der Waals surface area contributed by atoms with E-state index in [4.69, 9.17) is 4.74 Å². The number of nitrogens with zero attached hydrogens (tertiary/aromatic N) is 3. The highest BCUT2D eigenvalue weighted by atomic mass is 127. The van der Waals surface area contributed by atoms with E-state index in [1.54, 1.807) is 0 Å². The minimum absolute atomic E-state index is 0. The van der Waals surface area contributed by atoms with E-state index in [0.29, 0.717) is 12.1 Å². The maximum absolute atomic E-state index is 5.49. The first-order valence-corrected chi connectivity index (χ1v) is 10.6. The summed E-state index contributed by atoms with van der Waals surface area (Å²) in [6.07, 6.45) is 1.10. The van der Waals surface area contributed by atoms with Crippen molar-refractivity contribution < 1.29 is 4.74 Å². The Balaban J connectivity index is 0.00000420. The summed E-state index contributed by atoms with van der Waals surface area (Å²) < 4.78 is 5.49. The molecule has 1 aromatic rings. The predicted molar refractivity (Wildman–Crippen MR) is 135 cm³/mol. The Morgan fingerprint density at radius 1 is 1.10 bits per heavy atom. The van der Waals surface area contributed by atoms with Crippen molar-refractivity contribution in [2.45, 2.75) is 52.7 Å². The van der Waals surface area contributed by atoms with E-state index in [9.17, 15) is 0 Å². The number of anilines is 1. The molecule has 29 heavy (non-hydrogen) atoms. The van der Waals surface area contributed by atoms with Crippen LogP contribution in [-0.2, 0) is 11.3 Å². The highest BCUT2D eigenvalue weighted by Gasteiger charge is 2.15. The Hall–Kier alpha value is -1.06. The van der Waals surface area contributed by atoms with E-state index in [2.05, 4.69) is 77.4 Å². The van der Waals surface area contributed by atoms with Crippen LogP contribution in [0.2, 0.25) is 0 Å². The van der Waals surface area contributed by atoms with Gasteiger partial charge in [0.05, 0.1) is 13.2 Å². The van der Waals surface area contributed by atoms with Crippen LogP contribution in [0.1, 0.15) is 39.7 Å². The van der Waals surface area contributed by atoms with E-state index in [0.717, 1.165) is 58.3 Å². The summed E-state index contributed by atoms with van der Waals surface area (Å²) in [6.45, 7) is 15.3. The molecule has 2 N–H and O–H groups in total. The van der Waals surface area contributed by atoms with Crippen molar-refractivity contribution >= 4 is 35.6 Å². The van der Waals surface area contributed by atoms with Gasteiger partial charge in [0.25, 0.3) is 0 Å². The number of halogens is 1. The fraction of sp³-hybridized carbons (Fsp3) is 0.682. The molecule has 0 radical (unpaired) electrons. The van der Waals surface area contributed by atoms with Crippen LogP contribution in [0.25, 0.3) is 0 Å². The molecule has 1 aromatic carbocycles. The molecule has 0 atom stereocenters. The third kappa shape index (κ3) is 8.68. The standard InChI is InChI=1S/C22H39N5O.HI/c1-18(2)27(19(3)4)12-8-11-24-22(23-5)25-17-20-9-6-7-10-21(20)26-13-15-28-16-14-26;/h6-7,9-10,18-19H,8,11-17H2,1-5H3,(H2,23,24,25);1H. The van der Waals surface area contributed by atoms with Crippen LogP contribution in [-0.4, -0.2) is 69.4 Å². The van der Waals surface area contributed by atoms with Crippen molar-refractivity contribution in [2.75, 3.05) is 51.3 Å². The van der Waals surface area contributed by atoms with Gasteiger partial charge in [-0.15, -0.1) is 24.0 Å². The molecule has 1 heterocycles. The van der Waals surface area contributed by atoms with Crippen LogP contribution in [0.15, 0.2) is 29.3 Å². The maximum Gasteiger partial charge on any atom is 0.191 e. The molecular weight excluding hydrogens is 477 g/mol. The lowest BCUT2D eigenvalue weighted by molar-refractivity contribution is 0.122. The number of rotatable bonds is 9. The first-order valence-electron chi connectivity index (χ1n) is 10.6. The molecule has 0 spiro atoms. The van der Waals surface area contributed by atoms with Gasteiger partial charge in [0.15, 0.2) is 5.96 Å². The van der Waals surface area contributed by atoms with Crippen LogP contribution >= 0.6 is 24.0 Å². The van der Waals surface area contributed by atoms with E-state index >= 15 is 0 Å². The van der Waals surface area contributed by atoms with Crippen LogP contribution in [0.3, 0.4) is 0 Å². The van der Waals surface area contributed by atoms with Crippen LogP contribution < -0.4 is 15.5 Å². The molecule has 1 aliphatic rings. The van der Waals surface area contributed by atoms with E-state index in [-0.39, 0.29) is 24.0 Å². The summed E-state index contributed by atoms with van der Waals surface area (Å²) >= 11 is 0. The number of para-hydroxylation sites is 1. The van der Waals surface area contributed by atoms with E-state index in [1.165, 1.54) is 11.3 Å². The van der Waals surface area contributed by atoms with Gasteiger partial charge in [-0.1, -0.05) is 18.2 Å². The second kappa shape index (κ2) is 14.0. The summed E-state index contributed by atoms with van der Waals surface area (Å²) in [5, 5.41) is 6.92. The molecular formula is C22H40IN5O. The zero-order valence-electron chi connectivity index (χ0n) is 18.8. The quantitative estimate of drug-likeness (QED) is 0.228. The van der Waals surface area contributed by atoms with Crippen molar-refractivity contribution in [2.24, 2.45) is 4.99 Å². The normalized spacial score (nSPS) is 15.0. The van der Waals surface area contributed by atoms with E-state index < -0.39 is 0 Å². The van der Waals surface area contributed by atoms with Gasteiger partial charge in [-0.3, -0.25) is 9.89 Å². The van der Waals surface area contributed by atoms with Gasteiger partial charge in [-0.05, 0) is 45.7 Å². The predicted octanol–water partition coefficient (Wildman–Crippen LogP) is 3.32. The molecule has 0 amide bonds. The Bertz CT molecular complexity index is 595. The van der Waals surface area contributed by atoms with Crippen molar-refractivity contribution in [1.82, 2.24) is 15.5 Å². The molecule has 0 unspecified atom stereocenters. The molecule has 166 valence electrons. The average molecular weight is 518 g/mol. The largest absolute Gasteiger partial charge is 0.378 e. The minimum atomic E-state index is 0. The number of hydrogen-bond donors (Lipinski definition) is 2. The first-order chi connectivity index (χ1) is 13.5. The number of benzene rings is 1. The Labute approximate surface area is 194 Å². The number of aliphatic imine (C=N–C) groups is 1. The van der Waals surface area contributed by atoms with Crippen molar-refractivity contribution in [1.29, 1.82) is 0 Å². The second-order valence-electron chi connectivity index (χ2n) is 7.86.